The van der Waals surface area contributed by atoms with Crippen molar-refractivity contribution in [3.63, 3.8) is 0 Å². The topological polar surface area (TPSA) is 51.7 Å². The van der Waals surface area contributed by atoms with E-state index >= 15 is 0 Å². The summed E-state index contributed by atoms with van der Waals surface area (Å²) < 4.78 is 51.6. The Bertz CT molecular complexity index is 1020. The maximum Gasteiger partial charge on any atom is 0.274 e. The Morgan fingerprint density at radius 1 is 1.10 bits per heavy atom. The van der Waals surface area contributed by atoms with Crippen LogP contribution in [0.1, 0.15) is 12.8 Å². The Kier molecular flexibility index (Phi) is 5.57. The molecule has 1 saturated heterocycles. The zero-order valence-corrected chi connectivity index (χ0v) is 16.1. The number of halogens is 3. The van der Waals surface area contributed by atoms with Crippen LogP contribution in [0.25, 0.3) is 10.2 Å². The van der Waals surface area contributed by atoms with E-state index in [2.05, 4.69) is 4.98 Å². The predicted octanol–water partition coefficient (Wildman–Crippen LogP) is 4.16. The van der Waals surface area contributed by atoms with Crippen LogP contribution in [-0.4, -0.2) is 41.6 Å². The summed E-state index contributed by atoms with van der Waals surface area (Å²) >= 11 is 1.09. The molecule has 0 saturated carbocycles. The maximum absolute atomic E-state index is 13.8. The Morgan fingerprint density at radius 2 is 1.83 bits per heavy atom. The van der Waals surface area contributed by atoms with Crippen molar-refractivity contribution in [1.82, 2.24) is 9.88 Å². The average Bonchev–Trinajstić information content (AvgIpc) is 3.10. The second kappa shape index (κ2) is 8.28. The highest BCUT2D eigenvalue weighted by Crippen LogP contribution is 2.32. The standard InChI is InChI=1S/C20H17F3N2O3S/c21-12-1-3-14(4-2-12)27-11-18(26)25-7-5-15(6-8-25)28-20-24-19-16(23)9-13(22)10-17(19)29-20/h1-4,9-10,15H,5-8,11H2. The van der Waals surface area contributed by atoms with Crippen LogP contribution < -0.4 is 9.47 Å². The molecule has 3 aromatic rings. The molecule has 2 heterocycles. The van der Waals surface area contributed by atoms with E-state index in [0.717, 1.165) is 17.4 Å². The van der Waals surface area contributed by atoms with E-state index in [4.69, 9.17) is 9.47 Å². The van der Waals surface area contributed by atoms with Gasteiger partial charge in [0, 0.05) is 32.0 Å². The highest BCUT2D eigenvalue weighted by Gasteiger charge is 2.25. The molecule has 4 rings (SSSR count). The Hall–Kier alpha value is -2.81. The van der Waals surface area contributed by atoms with Crippen molar-refractivity contribution in [2.24, 2.45) is 0 Å². The summed E-state index contributed by atoms with van der Waals surface area (Å²) in [6.45, 7) is 0.855. The SMILES string of the molecule is O=C(COc1ccc(F)cc1)N1CCC(Oc2nc3c(F)cc(F)cc3s2)CC1. The lowest BCUT2D eigenvalue weighted by molar-refractivity contribution is -0.135. The molecule has 0 spiro atoms. The molecule has 1 aliphatic heterocycles. The number of likely N-dealkylation sites (tertiary alicyclic amines) is 1. The van der Waals surface area contributed by atoms with E-state index in [0.29, 0.717) is 36.4 Å². The van der Waals surface area contributed by atoms with Crippen LogP contribution in [0.5, 0.6) is 10.9 Å². The first-order chi connectivity index (χ1) is 14.0. The van der Waals surface area contributed by atoms with Crippen LogP contribution in [-0.2, 0) is 4.79 Å². The third-order valence-electron chi connectivity index (χ3n) is 4.63. The van der Waals surface area contributed by atoms with Gasteiger partial charge in [-0.2, -0.15) is 4.98 Å². The maximum atomic E-state index is 13.8. The van der Waals surface area contributed by atoms with Gasteiger partial charge in [0.1, 0.15) is 29.0 Å². The van der Waals surface area contributed by atoms with E-state index in [-0.39, 0.29) is 35.1 Å². The van der Waals surface area contributed by atoms with Crippen molar-refractivity contribution < 1.29 is 27.4 Å². The normalized spacial score (nSPS) is 14.9. The van der Waals surface area contributed by atoms with Crippen molar-refractivity contribution in [2.75, 3.05) is 19.7 Å². The largest absolute Gasteiger partial charge is 0.484 e. The molecule has 5 nitrogen and oxygen atoms in total. The second-order valence-corrected chi connectivity index (χ2v) is 7.65. The Balaban J connectivity index is 1.28. The summed E-state index contributed by atoms with van der Waals surface area (Å²) in [5.41, 5.74) is 0.0944. The Morgan fingerprint density at radius 3 is 2.55 bits per heavy atom. The van der Waals surface area contributed by atoms with E-state index < -0.39 is 11.6 Å². The molecule has 0 atom stereocenters. The molecule has 9 heteroatoms. The number of hydrogen-bond donors (Lipinski definition) is 0. The molecule has 1 aliphatic rings. The number of aromatic nitrogens is 1. The van der Waals surface area contributed by atoms with Gasteiger partial charge in [0.15, 0.2) is 12.4 Å². The van der Waals surface area contributed by atoms with E-state index in [1.54, 1.807) is 4.90 Å². The smallest absolute Gasteiger partial charge is 0.274 e. The van der Waals surface area contributed by atoms with Gasteiger partial charge in [0.2, 0.25) is 0 Å². The summed E-state index contributed by atoms with van der Waals surface area (Å²) in [4.78, 5) is 18.1. The summed E-state index contributed by atoms with van der Waals surface area (Å²) in [5.74, 6) is -1.47. The zero-order valence-electron chi connectivity index (χ0n) is 15.2. The highest BCUT2D eigenvalue weighted by atomic mass is 32.1. The first kappa shape index (κ1) is 19.5. The van der Waals surface area contributed by atoms with Crippen LogP contribution in [0.2, 0.25) is 0 Å². The minimum atomic E-state index is -0.715. The lowest BCUT2D eigenvalue weighted by Crippen LogP contribution is -2.43. The summed E-state index contributed by atoms with van der Waals surface area (Å²) in [6, 6.07) is 7.50. The van der Waals surface area contributed by atoms with Crippen LogP contribution in [0.3, 0.4) is 0 Å². The minimum Gasteiger partial charge on any atom is -0.484 e. The van der Waals surface area contributed by atoms with Gasteiger partial charge in [-0.1, -0.05) is 11.3 Å². The number of piperidine rings is 1. The van der Waals surface area contributed by atoms with Crippen LogP contribution in [0, 0.1) is 17.5 Å². The monoisotopic (exact) mass is 422 g/mol. The number of benzene rings is 2. The first-order valence-electron chi connectivity index (χ1n) is 9.06. The molecule has 0 N–H and O–H groups in total. The summed E-state index contributed by atoms with van der Waals surface area (Å²) in [5, 5.41) is 0.286. The second-order valence-electron chi connectivity index (χ2n) is 6.65. The molecule has 1 aromatic heterocycles. The molecule has 152 valence electrons. The van der Waals surface area contributed by atoms with Crippen LogP contribution in [0.4, 0.5) is 13.2 Å². The number of ether oxygens (including phenoxy) is 2. The third kappa shape index (κ3) is 4.61. The predicted molar refractivity (Wildman–Crippen MR) is 102 cm³/mol. The number of fused-ring (bicyclic) bond motifs is 1. The van der Waals surface area contributed by atoms with Gasteiger partial charge < -0.3 is 14.4 Å². The fourth-order valence-corrected chi connectivity index (χ4v) is 4.04. The zero-order chi connectivity index (χ0) is 20.4. The number of thiazole rings is 1. The number of hydrogen-bond acceptors (Lipinski definition) is 5. The van der Waals surface area contributed by atoms with E-state index in [9.17, 15) is 18.0 Å². The van der Waals surface area contributed by atoms with Gasteiger partial charge >= 0.3 is 0 Å². The van der Waals surface area contributed by atoms with Crippen molar-refractivity contribution in [2.45, 2.75) is 18.9 Å². The van der Waals surface area contributed by atoms with E-state index in [1.807, 2.05) is 0 Å². The summed E-state index contributed by atoms with van der Waals surface area (Å²) in [6.07, 6.45) is 1.02. The third-order valence-corrected chi connectivity index (χ3v) is 5.52. The first-order valence-corrected chi connectivity index (χ1v) is 9.88. The van der Waals surface area contributed by atoms with Crippen LogP contribution >= 0.6 is 11.3 Å². The van der Waals surface area contributed by atoms with Gasteiger partial charge in [-0.25, -0.2) is 13.2 Å². The van der Waals surface area contributed by atoms with Crippen molar-refractivity contribution in [3.05, 3.63) is 53.8 Å². The number of amides is 1. The molecular weight excluding hydrogens is 405 g/mol. The lowest BCUT2D eigenvalue weighted by Gasteiger charge is -2.31. The number of rotatable bonds is 5. The van der Waals surface area contributed by atoms with E-state index in [1.165, 1.54) is 30.3 Å². The molecule has 0 radical (unpaired) electrons. The molecule has 1 fully saturated rings. The molecular formula is C20H17F3N2O3S. The minimum absolute atomic E-state index is 0.0944. The van der Waals surface area contributed by atoms with Gasteiger partial charge in [-0.05, 0) is 30.3 Å². The lowest BCUT2D eigenvalue weighted by atomic mass is 10.1. The molecule has 0 unspecified atom stereocenters. The highest BCUT2D eigenvalue weighted by molar-refractivity contribution is 7.20. The van der Waals surface area contributed by atoms with Gasteiger partial charge in [-0.15, -0.1) is 0 Å². The van der Waals surface area contributed by atoms with Gasteiger partial charge in [0.05, 0.1) is 4.70 Å². The number of nitrogens with zero attached hydrogens (tertiary/aromatic N) is 2. The van der Waals surface area contributed by atoms with Gasteiger partial charge in [-0.3, -0.25) is 4.79 Å². The molecule has 2 aromatic carbocycles. The average molecular weight is 422 g/mol. The summed E-state index contributed by atoms with van der Waals surface area (Å²) in [7, 11) is 0. The quantitative estimate of drug-likeness (QED) is 0.620. The van der Waals surface area contributed by atoms with Gasteiger partial charge in [0.25, 0.3) is 11.1 Å². The number of carbonyl (C=O) groups is 1. The van der Waals surface area contributed by atoms with Crippen molar-refractivity contribution >= 4 is 27.5 Å². The van der Waals surface area contributed by atoms with Crippen LogP contribution in [0.15, 0.2) is 36.4 Å². The van der Waals surface area contributed by atoms with Crippen molar-refractivity contribution in [1.29, 1.82) is 0 Å². The molecule has 0 bridgehead atoms. The fourth-order valence-electron chi connectivity index (χ4n) is 3.12. The van der Waals surface area contributed by atoms with Crippen molar-refractivity contribution in [3.8, 4) is 10.9 Å². The molecule has 29 heavy (non-hydrogen) atoms. The number of carbonyl (C=O) groups excluding carboxylic acids is 1. The fraction of sp³-hybridized carbons (Fsp3) is 0.300. The molecule has 0 aliphatic carbocycles. The molecule has 1 amide bonds. The Labute approximate surface area is 168 Å².